The summed E-state index contributed by atoms with van der Waals surface area (Å²) in [5.41, 5.74) is 6.16. The topological polar surface area (TPSA) is 84.2 Å². The molecule has 0 radical (unpaired) electrons. The van der Waals surface area contributed by atoms with Crippen LogP contribution in [0.4, 0.5) is 0 Å². The Bertz CT molecular complexity index is 968. The van der Waals surface area contributed by atoms with Crippen molar-refractivity contribution in [1.29, 1.82) is 0 Å². The summed E-state index contributed by atoms with van der Waals surface area (Å²) >= 11 is 11.8. The fourth-order valence-electron chi connectivity index (χ4n) is 2.32. The Hall–Kier alpha value is -2.83. The Balaban J connectivity index is 1.78. The molecule has 132 valence electrons. The molecule has 0 saturated carbocycles. The first-order valence-corrected chi connectivity index (χ1v) is 8.30. The van der Waals surface area contributed by atoms with E-state index in [1.807, 2.05) is 0 Å². The molecule has 26 heavy (non-hydrogen) atoms. The third-order valence-corrected chi connectivity index (χ3v) is 4.19. The van der Waals surface area contributed by atoms with E-state index in [0.29, 0.717) is 16.3 Å². The van der Waals surface area contributed by atoms with Gasteiger partial charge in [0.25, 0.3) is 11.8 Å². The molecule has 2 amide bonds. The second kappa shape index (κ2) is 7.59. The highest BCUT2D eigenvalue weighted by molar-refractivity contribution is 6.33. The van der Waals surface area contributed by atoms with Gasteiger partial charge in [0.15, 0.2) is 5.76 Å². The van der Waals surface area contributed by atoms with Gasteiger partial charge in [-0.25, -0.2) is 0 Å². The van der Waals surface area contributed by atoms with E-state index in [4.69, 9.17) is 27.7 Å². The third kappa shape index (κ3) is 3.71. The predicted octanol–water partition coefficient (Wildman–Crippen LogP) is 4.03. The number of nitrogens with zero attached hydrogens (tertiary/aromatic N) is 1. The fraction of sp³-hybridized carbons (Fsp3) is 0.0556. The van der Waals surface area contributed by atoms with Crippen LogP contribution in [-0.4, -0.2) is 17.0 Å². The molecule has 0 saturated heterocycles. The van der Waals surface area contributed by atoms with E-state index in [9.17, 15) is 9.59 Å². The molecule has 6 nitrogen and oxygen atoms in total. The normalized spacial score (nSPS) is 10.4. The molecule has 0 unspecified atom stereocenters. The van der Waals surface area contributed by atoms with Crippen LogP contribution in [0.3, 0.4) is 0 Å². The average molecular weight is 390 g/mol. The maximum atomic E-state index is 12.5. The maximum absolute atomic E-state index is 12.5. The molecule has 0 spiro atoms. The number of carbonyl (C=O) groups excluding carboxylic acids is 2. The van der Waals surface area contributed by atoms with Crippen molar-refractivity contribution < 1.29 is 14.1 Å². The lowest BCUT2D eigenvalue weighted by atomic mass is 10.1. The summed E-state index contributed by atoms with van der Waals surface area (Å²) in [7, 11) is 0. The highest BCUT2D eigenvalue weighted by atomic mass is 35.5. The first-order valence-electron chi connectivity index (χ1n) is 7.55. The molecule has 3 rings (SSSR count). The summed E-state index contributed by atoms with van der Waals surface area (Å²) in [6.07, 6.45) is 0. The summed E-state index contributed by atoms with van der Waals surface area (Å²) in [6, 6.07) is 13.3. The number of nitrogens with one attached hydrogen (secondary N) is 2. The number of aryl methyl sites for hydroxylation is 1. The van der Waals surface area contributed by atoms with Gasteiger partial charge < -0.3 is 4.52 Å². The van der Waals surface area contributed by atoms with E-state index in [0.717, 1.165) is 0 Å². The smallest absolute Gasteiger partial charge is 0.275 e. The molecule has 0 aliphatic rings. The fourth-order valence-corrected chi connectivity index (χ4v) is 2.67. The van der Waals surface area contributed by atoms with Crippen LogP contribution in [0.25, 0.3) is 11.3 Å². The molecule has 0 aliphatic heterocycles. The van der Waals surface area contributed by atoms with Crippen LogP contribution in [0.2, 0.25) is 10.0 Å². The second-order valence-corrected chi connectivity index (χ2v) is 6.21. The standard InChI is InChI=1S/C18H13Cl2N3O3/c1-10-15(16(26-23-10)11-6-8-12(19)9-7-11)18(25)22-21-17(24)13-4-2-3-5-14(13)20/h2-9H,1H3,(H,21,24)(H,22,25). The second-order valence-electron chi connectivity index (χ2n) is 5.37. The molecular weight excluding hydrogens is 377 g/mol. The van der Waals surface area contributed by atoms with Crippen molar-refractivity contribution in [2.75, 3.05) is 0 Å². The number of hydrogen-bond donors (Lipinski definition) is 2. The number of hydrazine groups is 1. The van der Waals surface area contributed by atoms with E-state index in [1.54, 1.807) is 55.5 Å². The first-order chi connectivity index (χ1) is 12.5. The molecular formula is C18H13Cl2N3O3. The predicted molar refractivity (Wildman–Crippen MR) is 98.1 cm³/mol. The number of aromatic nitrogens is 1. The summed E-state index contributed by atoms with van der Waals surface area (Å²) in [5.74, 6) is -0.816. The Labute approximate surface area is 159 Å². The lowest BCUT2D eigenvalue weighted by Crippen LogP contribution is -2.42. The third-order valence-electron chi connectivity index (χ3n) is 3.60. The van der Waals surface area contributed by atoms with Crippen molar-refractivity contribution in [2.24, 2.45) is 0 Å². The van der Waals surface area contributed by atoms with E-state index < -0.39 is 11.8 Å². The van der Waals surface area contributed by atoms with Crippen LogP contribution < -0.4 is 10.9 Å². The highest BCUT2D eigenvalue weighted by Gasteiger charge is 2.22. The molecule has 0 fully saturated rings. The van der Waals surface area contributed by atoms with Crippen molar-refractivity contribution in [1.82, 2.24) is 16.0 Å². The van der Waals surface area contributed by atoms with Gasteiger partial charge >= 0.3 is 0 Å². The van der Waals surface area contributed by atoms with Gasteiger partial charge in [0, 0.05) is 10.6 Å². The quantitative estimate of drug-likeness (QED) is 0.662. The lowest BCUT2D eigenvalue weighted by Gasteiger charge is -2.08. The van der Waals surface area contributed by atoms with Crippen molar-refractivity contribution in [3.8, 4) is 11.3 Å². The molecule has 0 bridgehead atoms. The number of amides is 2. The SMILES string of the molecule is Cc1noc(-c2ccc(Cl)cc2)c1C(=O)NNC(=O)c1ccccc1Cl. The zero-order chi connectivity index (χ0) is 18.7. The summed E-state index contributed by atoms with van der Waals surface area (Å²) < 4.78 is 5.27. The number of halogens is 2. The molecule has 8 heteroatoms. The number of benzene rings is 2. The van der Waals surface area contributed by atoms with Gasteiger partial charge in [-0.1, -0.05) is 40.5 Å². The van der Waals surface area contributed by atoms with Crippen molar-refractivity contribution in [3.63, 3.8) is 0 Å². The Morgan fingerprint density at radius 3 is 2.31 bits per heavy atom. The average Bonchev–Trinajstić information content (AvgIpc) is 3.02. The molecule has 0 aliphatic carbocycles. The highest BCUT2D eigenvalue weighted by Crippen LogP contribution is 2.27. The van der Waals surface area contributed by atoms with Gasteiger partial charge in [0.05, 0.1) is 16.3 Å². The van der Waals surface area contributed by atoms with Gasteiger partial charge in [0.2, 0.25) is 0 Å². The number of carbonyl (C=O) groups is 2. The molecule has 0 atom stereocenters. The van der Waals surface area contributed by atoms with Crippen LogP contribution in [-0.2, 0) is 0 Å². The minimum absolute atomic E-state index is 0.215. The zero-order valence-corrected chi connectivity index (χ0v) is 15.1. The van der Waals surface area contributed by atoms with Gasteiger partial charge in [-0.05, 0) is 43.3 Å². The van der Waals surface area contributed by atoms with Gasteiger partial charge in [-0.2, -0.15) is 0 Å². The van der Waals surface area contributed by atoms with Gasteiger partial charge in [0.1, 0.15) is 5.56 Å². The van der Waals surface area contributed by atoms with Crippen molar-refractivity contribution in [2.45, 2.75) is 6.92 Å². The van der Waals surface area contributed by atoms with Gasteiger partial charge in [-0.15, -0.1) is 0 Å². The van der Waals surface area contributed by atoms with E-state index in [2.05, 4.69) is 16.0 Å². The minimum Gasteiger partial charge on any atom is -0.355 e. The van der Waals surface area contributed by atoms with Crippen molar-refractivity contribution in [3.05, 3.63) is 75.4 Å². The van der Waals surface area contributed by atoms with E-state index >= 15 is 0 Å². The van der Waals surface area contributed by atoms with Crippen LogP contribution >= 0.6 is 23.2 Å². The monoisotopic (exact) mass is 389 g/mol. The van der Waals surface area contributed by atoms with E-state index in [1.165, 1.54) is 0 Å². The largest absolute Gasteiger partial charge is 0.355 e. The van der Waals surface area contributed by atoms with Crippen LogP contribution in [0.15, 0.2) is 53.1 Å². The molecule has 2 aromatic carbocycles. The Morgan fingerprint density at radius 1 is 0.962 bits per heavy atom. The Kier molecular flexibility index (Phi) is 5.25. The van der Waals surface area contributed by atoms with Crippen LogP contribution in [0, 0.1) is 6.92 Å². The summed E-state index contributed by atoms with van der Waals surface area (Å²) in [4.78, 5) is 24.7. The maximum Gasteiger partial charge on any atom is 0.275 e. The van der Waals surface area contributed by atoms with Crippen molar-refractivity contribution >= 4 is 35.0 Å². The molecule has 3 aromatic rings. The zero-order valence-electron chi connectivity index (χ0n) is 13.5. The molecule has 1 aromatic heterocycles. The van der Waals surface area contributed by atoms with Crippen LogP contribution in [0.5, 0.6) is 0 Å². The lowest BCUT2D eigenvalue weighted by molar-refractivity contribution is 0.0846. The number of rotatable bonds is 3. The first kappa shape index (κ1) is 18.0. The van der Waals surface area contributed by atoms with E-state index in [-0.39, 0.29) is 21.9 Å². The molecule has 1 heterocycles. The Morgan fingerprint density at radius 2 is 1.62 bits per heavy atom. The molecule has 2 N–H and O–H groups in total. The summed E-state index contributed by atoms with van der Waals surface area (Å²) in [5, 5.41) is 4.67. The van der Waals surface area contributed by atoms with Gasteiger partial charge in [-0.3, -0.25) is 20.4 Å². The minimum atomic E-state index is -0.561. The van der Waals surface area contributed by atoms with Crippen LogP contribution in [0.1, 0.15) is 26.4 Å². The number of hydrogen-bond acceptors (Lipinski definition) is 4. The summed E-state index contributed by atoms with van der Waals surface area (Å²) in [6.45, 7) is 1.63.